The molecular weight excluding hydrogens is 292 g/mol. The Bertz CT molecular complexity index is 344. The third kappa shape index (κ3) is 20.5. The number of carbonyl (C=O) groups is 3. The summed E-state index contributed by atoms with van der Waals surface area (Å²) in [6.07, 6.45) is -0.458. The first-order valence-electron chi connectivity index (χ1n) is 6.89. The number of amides is 2. The number of ether oxygens (including phenoxy) is 2. The van der Waals surface area contributed by atoms with Crippen LogP contribution < -0.4 is 10.6 Å². The van der Waals surface area contributed by atoms with Crippen LogP contribution in [0.5, 0.6) is 0 Å². The summed E-state index contributed by atoms with van der Waals surface area (Å²) >= 11 is 0. The van der Waals surface area contributed by atoms with Gasteiger partial charge >= 0.3 is 12.2 Å². The monoisotopic (exact) mass is 320 g/mol. The fourth-order valence-electron chi connectivity index (χ4n) is 0.911. The lowest BCUT2D eigenvalue weighted by molar-refractivity contribution is -0.107. The highest BCUT2D eigenvalue weighted by molar-refractivity contribution is 5.71. The number of rotatable bonds is 4. The fraction of sp³-hybridized carbons (Fsp3) is 0.786. The summed E-state index contributed by atoms with van der Waals surface area (Å²) in [6, 6.07) is 0. The molecule has 2 amide bonds. The lowest BCUT2D eigenvalue weighted by Crippen LogP contribution is -2.33. The van der Waals surface area contributed by atoms with Gasteiger partial charge in [-0.3, -0.25) is 0 Å². The summed E-state index contributed by atoms with van der Waals surface area (Å²) in [7, 11) is 0. The summed E-state index contributed by atoms with van der Waals surface area (Å²) in [5, 5.41) is 13.0. The SMILES string of the molecule is CC(C)(C)OC(=O)NCC=O.CC(C)(C)OC(=O)NCCO. The van der Waals surface area contributed by atoms with E-state index in [4.69, 9.17) is 14.6 Å². The van der Waals surface area contributed by atoms with Gasteiger partial charge in [-0.15, -0.1) is 0 Å². The number of alkyl carbamates (subject to hydrolysis) is 2. The van der Waals surface area contributed by atoms with Crippen LogP contribution in [0.1, 0.15) is 41.5 Å². The Balaban J connectivity index is 0. The molecule has 0 saturated heterocycles. The minimum atomic E-state index is -0.565. The molecule has 0 aliphatic rings. The number of hydrogen-bond donors (Lipinski definition) is 3. The molecule has 0 aromatic carbocycles. The van der Waals surface area contributed by atoms with Crippen LogP contribution in [0.15, 0.2) is 0 Å². The van der Waals surface area contributed by atoms with Crippen molar-refractivity contribution < 1.29 is 29.0 Å². The molecule has 0 aromatic heterocycles. The normalized spacial score (nSPS) is 10.7. The zero-order chi connectivity index (χ0) is 17.8. The molecule has 0 fully saturated rings. The van der Waals surface area contributed by atoms with Crippen molar-refractivity contribution in [2.45, 2.75) is 52.7 Å². The Kier molecular flexibility index (Phi) is 11.1. The van der Waals surface area contributed by atoms with Gasteiger partial charge in [0.2, 0.25) is 0 Å². The maximum atomic E-state index is 10.8. The van der Waals surface area contributed by atoms with Crippen molar-refractivity contribution in [3.63, 3.8) is 0 Å². The topological polar surface area (TPSA) is 114 Å². The maximum absolute atomic E-state index is 10.8. The van der Waals surface area contributed by atoms with Crippen molar-refractivity contribution in [1.82, 2.24) is 10.6 Å². The van der Waals surface area contributed by atoms with Crippen LogP contribution in [0.25, 0.3) is 0 Å². The van der Waals surface area contributed by atoms with Crippen LogP contribution >= 0.6 is 0 Å². The number of aliphatic hydroxyl groups excluding tert-OH is 1. The van der Waals surface area contributed by atoms with Gasteiger partial charge in [0.25, 0.3) is 0 Å². The van der Waals surface area contributed by atoms with E-state index in [9.17, 15) is 14.4 Å². The second-order valence-electron chi connectivity index (χ2n) is 6.20. The molecule has 0 rings (SSSR count). The molecule has 130 valence electrons. The van der Waals surface area contributed by atoms with E-state index in [0.717, 1.165) is 0 Å². The average molecular weight is 320 g/mol. The minimum absolute atomic E-state index is 0.00505. The molecule has 0 aromatic rings. The Labute approximate surface area is 131 Å². The van der Waals surface area contributed by atoms with Crippen molar-refractivity contribution in [1.29, 1.82) is 0 Å². The summed E-state index contributed by atoms with van der Waals surface area (Å²) in [5.74, 6) is 0. The lowest BCUT2D eigenvalue weighted by Gasteiger charge is -2.19. The van der Waals surface area contributed by atoms with Crippen LogP contribution in [0.4, 0.5) is 9.59 Å². The molecule has 0 aliphatic heterocycles. The van der Waals surface area contributed by atoms with E-state index >= 15 is 0 Å². The van der Waals surface area contributed by atoms with E-state index in [-0.39, 0.29) is 19.7 Å². The van der Waals surface area contributed by atoms with Gasteiger partial charge < -0.3 is 30.0 Å². The second kappa shape index (κ2) is 10.8. The Hall–Kier alpha value is -1.83. The van der Waals surface area contributed by atoms with Crippen LogP contribution in [0, 0.1) is 0 Å². The summed E-state index contributed by atoms with van der Waals surface area (Å²) in [6.45, 7) is 10.8. The third-order valence-electron chi connectivity index (χ3n) is 1.51. The molecule has 0 heterocycles. The first-order valence-corrected chi connectivity index (χ1v) is 6.89. The molecule has 0 bridgehead atoms. The smallest absolute Gasteiger partial charge is 0.408 e. The predicted molar refractivity (Wildman–Crippen MR) is 81.6 cm³/mol. The van der Waals surface area contributed by atoms with Crippen molar-refractivity contribution in [3.05, 3.63) is 0 Å². The highest BCUT2D eigenvalue weighted by atomic mass is 16.6. The van der Waals surface area contributed by atoms with E-state index in [0.29, 0.717) is 6.29 Å². The maximum Gasteiger partial charge on any atom is 0.408 e. The zero-order valence-corrected chi connectivity index (χ0v) is 14.2. The van der Waals surface area contributed by atoms with Crippen LogP contribution in [-0.4, -0.2) is 54.5 Å². The van der Waals surface area contributed by atoms with Gasteiger partial charge in [0.1, 0.15) is 17.5 Å². The van der Waals surface area contributed by atoms with Gasteiger partial charge in [-0.1, -0.05) is 0 Å². The number of carbonyl (C=O) groups excluding carboxylic acids is 3. The van der Waals surface area contributed by atoms with Gasteiger partial charge in [-0.05, 0) is 41.5 Å². The third-order valence-corrected chi connectivity index (χ3v) is 1.51. The van der Waals surface area contributed by atoms with Gasteiger partial charge in [-0.2, -0.15) is 0 Å². The number of aldehydes is 1. The van der Waals surface area contributed by atoms with Crippen LogP contribution in [0.3, 0.4) is 0 Å². The minimum Gasteiger partial charge on any atom is -0.444 e. The van der Waals surface area contributed by atoms with Gasteiger partial charge in [-0.25, -0.2) is 9.59 Å². The molecule has 8 nitrogen and oxygen atoms in total. The standard InChI is InChI=1S/C7H15NO3.C7H13NO3/c2*1-7(2,3)11-6(10)8-4-5-9/h9H,4-5H2,1-3H3,(H,8,10);5H,4H2,1-3H3,(H,8,10). The molecule has 3 N–H and O–H groups in total. The molecule has 0 radical (unpaired) electrons. The van der Waals surface area contributed by atoms with Gasteiger partial charge in [0.15, 0.2) is 0 Å². The summed E-state index contributed by atoms with van der Waals surface area (Å²) in [4.78, 5) is 31.3. The van der Waals surface area contributed by atoms with Crippen LogP contribution in [0.2, 0.25) is 0 Å². The van der Waals surface area contributed by atoms with E-state index in [2.05, 4.69) is 10.6 Å². The molecule has 0 aliphatic carbocycles. The Morgan fingerprint density at radius 1 is 0.955 bits per heavy atom. The molecule has 0 spiro atoms. The lowest BCUT2D eigenvalue weighted by atomic mass is 10.2. The molecule has 8 heteroatoms. The van der Waals surface area contributed by atoms with Crippen molar-refractivity contribution in [2.24, 2.45) is 0 Å². The number of hydrogen-bond acceptors (Lipinski definition) is 6. The van der Waals surface area contributed by atoms with Crippen molar-refractivity contribution in [2.75, 3.05) is 19.7 Å². The highest BCUT2D eigenvalue weighted by Gasteiger charge is 2.15. The van der Waals surface area contributed by atoms with Gasteiger partial charge in [0, 0.05) is 6.54 Å². The van der Waals surface area contributed by atoms with E-state index < -0.39 is 23.4 Å². The fourth-order valence-corrected chi connectivity index (χ4v) is 0.911. The van der Waals surface area contributed by atoms with E-state index in [1.54, 1.807) is 41.5 Å². The first-order chi connectivity index (χ1) is 9.91. The van der Waals surface area contributed by atoms with Crippen molar-refractivity contribution in [3.8, 4) is 0 Å². The molecular formula is C14H28N2O6. The second-order valence-corrected chi connectivity index (χ2v) is 6.20. The van der Waals surface area contributed by atoms with Crippen molar-refractivity contribution >= 4 is 18.5 Å². The molecule has 0 atom stereocenters. The number of aliphatic hydroxyl groups is 1. The van der Waals surface area contributed by atoms with E-state index in [1.165, 1.54) is 0 Å². The average Bonchev–Trinajstić information content (AvgIpc) is 2.30. The zero-order valence-electron chi connectivity index (χ0n) is 14.2. The largest absolute Gasteiger partial charge is 0.444 e. The highest BCUT2D eigenvalue weighted by Crippen LogP contribution is 2.06. The predicted octanol–water partition coefficient (Wildman–Crippen LogP) is 1.21. The first kappa shape index (κ1) is 22.5. The quantitative estimate of drug-likeness (QED) is 0.671. The van der Waals surface area contributed by atoms with Gasteiger partial charge in [0.05, 0.1) is 13.2 Å². The summed E-state index contributed by atoms with van der Waals surface area (Å²) < 4.78 is 9.71. The summed E-state index contributed by atoms with van der Waals surface area (Å²) in [5.41, 5.74) is -0.980. The molecule has 22 heavy (non-hydrogen) atoms. The molecule has 0 saturated carbocycles. The molecule has 0 unspecified atom stereocenters. The Morgan fingerprint density at radius 2 is 1.36 bits per heavy atom. The van der Waals surface area contributed by atoms with E-state index in [1.807, 2.05) is 0 Å². The number of nitrogens with one attached hydrogen (secondary N) is 2. The Morgan fingerprint density at radius 3 is 1.68 bits per heavy atom. The van der Waals surface area contributed by atoms with Crippen LogP contribution in [-0.2, 0) is 14.3 Å².